The third-order valence-electron chi connectivity index (χ3n) is 3.84. The second-order valence-corrected chi connectivity index (χ2v) is 7.15. The molecule has 0 unspecified atom stereocenters. The van der Waals surface area contributed by atoms with Crippen LogP contribution >= 0.6 is 0 Å². The number of fused-ring (bicyclic) bond motifs is 1. The van der Waals surface area contributed by atoms with Gasteiger partial charge in [-0.25, -0.2) is 17.9 Å². The molecule has 0 bridgehead atoms. The van der Waals surface area contributed by atoms with Crippen LogP contribution in [0.1, 0.15) is 15.9 Å². The fraction of sp³-hybridized carbons (Fsp3) is 0.118. The number of carbonyl (C=O) groups excluding carboxylic acids is 1. The molecule has 1 heterocycles. The third-order valence-corrected chi connectivity index (χ3v) is 4.77. The molecular formula is C17H16FN3O3S. The van der Waals surface area contributed by atoms with Crippen molar-refractivity contribution < 1.29 is 17.6 Å². The van der Waals surface area contributed by atoms with Gasteiger partial charge in [0.25, 0.3) is 5.91 Å². The number of rotatable bonds is 5. The zero-order valence-corrected chi connectivity index (χ0v) is 13.9. The van der Waals surface area contributed by atoms with Gasteiger partial charge in [0.05, 0.1) is 10.5 Å². The number of sulfonamides is 1. The molecule has 0 saturated carbocycles. The van der Waals surface area contributed by atoms with Crippen molar-refractivity contribution in [2.45, 2.75) is 11.3 Å². The van der Waals surface area contributed by atoms with Crippen molar-refractivity contribution in [1.29, 1.82) is 0 Å². The van der Waals surface area contributed by atoms with Crippen LogP contribution in [0.2, 0.25) is 0 Å². The fourth-order valence-corrected chi connectivity index (χ4v) is 3.06. The van der Waals surface area contributed by atoms with Crippen LogP contribution in [0.5, 0.6) is 0 Å². The predicted molar refractivity (Wildman–Crippen MR) is 92.1 cm³/mol. The Kier molecular flexibility index (Phi) is 4.56. The second kappa shape index (κ2) is 6.66. The van der Waals surface area contributed by atoms with Gasteiger partial charge < -0.3 is 10.3 Å². The van der Waals surface area contributed by atoms with E-state index in [0.717, 1.165) is 5.56 Å². The topological polar surface area (TPSA) is 105 Å². The van der Waals surface area contributed by atoms with Crippen LogP contribution in [0.4, 0.5) is 4.39 Å². The lowest BCUT2D eigenvalue weighted by Gasteiger charge is -2.06. The Labute approximate surface area is 143 Å². The van der Waals surface area contributed by atoms with E-state index in [1.807, 2.05) is 0 Å². The van der Waals surface area contributed by atoms with Gasteiger partial charge in [0, 0.05) is 23.6 Å². The molecule has 4 N–H and O–H groups in total. The van der Waals surface area contributed by atoms with Crippen molar-refractivity contribution in [1.82, 2.24) is 10.3 Å². The van der Waals surface area contributed by atoms with Crippen molar-refractivity contribution in [3.05, 3.63) is 65.6 Å². The van der Waals surface area contributed by atoms with E-state index in [1.165, 1.54) is 24.3 Å². The molecule has 25 heavy (non-hydrogen) atoms. The standard InChI is InChI=1S/C17H16FN3O3S/c18-12-3-6-16-14(9-12)15(10-21-16)17(22)20-8-7-11-1-4-13(5-2-11)25(19,23)24/h1-6,9-10,21H,7-8H2,(H,20,22)(H2,19,23,24). The molecule has 0 fully saturated rings. The van der Waals surface area contributed by atoms with Crippen LogP contribution in [0, 0.1) is 5.82 Å². The molecular weight excluding hydrogens is 345 g/mol. The van der Waals surface area contributed by atoms with E-state index in [9.17, 15) is 17.6 Å². The highest BCUT2D eigenvalue weighted by molar-refractivity contribution is 7.89. The summed E-state index contributed by atoms with van der Waals surface area (Å²) in [6, 6.07) is 10.4. The first-order chi connectivity index (χ1) is 11.8. The van der Waals surface area contributed by atoms with E-state index in [0.29, 0.717) is 29.4 Å². The maximum Gasteiger partial charge on any atom is 0.253 e. The Morgan fingerprint density at radius 3 is 2.56 bits per heavy atom. The predicted octanol–water partition coefficient (Wildman–Crippen LogP) is 1.93. The maximum atomic E-state index is 13.4. The van der Waals surface area contributed by atoms with E-state index in [4.69, 9.17) is 5.14 Å². The number of primary sulfonamides is 1. The number of carbonyl (C=O) groups is 1. The Morgan fingerprint density at radius 2 is 1.88 bits per heavy atom. The summed E-state index contributed by atoms with van der Waals surface area (Å²) in [4.78, 5) is 15.2. The Balaban J connectivity index is 1.63. The molecule has 0 saturated heterocycles. The van der Waals surface area contributed by atoms with Crippen molar-refractivity contribution in [2.75, 3.05) is 6.54 Å². The minimum Gasteiger partial charge on any atom is -0.360 e. The number of halogens is 1. The number of hydrogen-bond donors (Lipinski definition) is 3. The molecule has 0 aliphatic heterocycles. The van der Waals surface area contributed by atoms with E-state index in [2.05, 4.69) is 10.3 Å². The van der Waals surface area contributed by atoms with Gasteiger partial charge in [-0.05, 0) is 42.3 Å². The van der Waals surface area contributed by atoms with Crippen molar-refractivity contribution in [2.24, 2.45) is 5.14 Å². The molecule has 0 aliphatic carbocycles. The van der Waals surface area contributed by atoms with Gasteiger partial charge in [-0.3, -0.25) is 4.79 Å². The van der Waals surface area contributed by atoms with E-state index in [-0.39, 0.29) is 10.8 Å². The van der Waals surface area contributed by atoms with Crippen LogP contribution in [0.15, 0.2) is 53.6 Å². The first-order valence-corrected chi connectivity index (χ1v) is 9.06. The molecule has 0 aliphatic rings. The lowest BCUT2D eigenvalue weighted by Crippen LogP contribution is -2.25. The Morgan fingerprint density at radius 1 is 1.16 bits per heavy atom. The molecule has 2 aromatic carbocycles. The van der Waals surface area contributed by atoms with E-state index in [1.54, 1.807) is 24.4 Å². The molecule has 0 atom stereocenters. The number of benzene rings is 2. The smallest absolute Gasteiger partial charge is 0.253 e. The molecule has 3 rings (SSSR count). The number of nitrogens with one attached hydrogen (secondary N) is 2. The summed E-state index contributed by atoms with van der Waals surface area (Å²) in [7, 11) is -3.71. The number of H-pyrrole nitrogens is 1. The highest BCUT2D eigenvalue weighted by atomic mass is 32.2. The van der Waals surface area contributed by atoms with Crippen LogP contribution in [-0.2, 0) is 16.4 Å². The number of nitrogens with two attached hydrogens (primary N) is 1. The maximum absolute atomic E-state index is 13.4. The summed E-state index contributed by atoms with van der Waals surface area (Å²) >= 11 is 0. The second-order valence-electron chi connectivity index (χ2n) is 5.59. The van der Waals surface area contributed by atoms with Gasteiger partial charge >= 0.3 is 0 Å². The van der Waals surface area contributed by atoms with Gasteiger partial charge in [0.1, 0.15) is 5.82 Å². The van der Waals surface area contributed by atoms with Crippen molar-refractivity contribution >= 4 is 26.8 Å². The zero-order valence-electron chi connectivity index (χ0n) is 13.1. The van der Waals surface area contributed by atoms with Crippen molar-refractivity contribution in [3.63, 3.8) is 0 Å². The Bertz CT molecular complexity index is 1030. The number of hydrogen-bond acceptors (Lipinski definition) is 3. The highest BCUT2D eigenvalue weighted by Crippen LogP contribution is 2.19. The fourth-order valence-electron chi connectivity index (χ4n) is 2.54. The van der Waals surface area contributed by atoms with Crippen LogP contribution in [0.25, 0.3) is 10.9 Å². The summed E-state index contributed by atoms with van der Waals surface area (Å²) < 4.78 is 35.8. The zero-order chi connectivity index (χ0) is 18.0. The summed E-state index contributed by atoms with van der Waals surface area (Å²) in [5, 5.41) is 8.33. The van der Waals surface area contributed by atoms with Gasteiger partial charge in [-0.2, -0.15) is 0 Å². The van der Waals surface area contributed by atoms with Gasteiger partial charge in [-0.1, -0.05) is 12.1 Å². The quantitative estimate of drug-likeness (QED) is 0.646. The third kappa shape index (κ3) is 3.86. The van der Waals surface area contributed by atoms with E-state index < -0.39 is 15.8 Å². The molecule has 6 nitrogen and oxygen atoms in total. The Hall–Kier alpha value is -2.71. The van der Waals surface area contributed by atoms with E-state index >= 15 is 0 Å². The number of amides is 1. The van der Waals surface area contributed by atoms with Gasteiger partial charge in [0.2, 0.25) is 10.0 Å². The minimum atomic E-state index is -3.71. The highest BCUT2D eigenvalue weighted by Gasteiger charge is 2.12. The summed E-state index contributed by atoms with van der Waals surface area (Å²) in [5.41, 5.74) is 1.92. The molecule has 1 amide bonds. The van der Waals surface area contributed by atoms with Gasteiger partial charge in [-0.15, -0.1) is 0 Å². The monoisotopic (exact) mass is 361 g/mol. The normalized spacial score (nSPS) is 11.6. The summed E-state index contributed by atoms with van der Waals surface area (Å²) in [6.45, 7) is 0.357. The summed E-state index contributed by atoms with van der Waals surface area (Å²) in [6.07, 6.45) is 2.06. The molecule has 3 aromatic rings. The molecule has 0 radical (unpaired) electrons. The number of aromatic amines is 1. The lowest BCUT2D eigenvalue weighted by atomic mass is 10.1. The SMILES string of the molecule is NS(=O)(=O)c1ccc(CCNC(=O)c2c[nH]c3ccc(F)cc23)cc1. The largest absolute Gasteiger partial charge is 0.360 e. The van der Waals surface area contributed by atoms with Crippen molar-refractivity contribution in [3.8, 4) is 0 Å². The first-order valence-electron chi connectivity index (χ1n) is 7.51. The average Bonchev–Trinajstić information content (AvgIpc) is 2.97. The van der Waals surface area contributed by atoms with Crippen LogP contribution < -0.4 is 10.5 Å². The van der Waals surface area contributed by atoms with Gasteiger partial charge in [0.15, 0.2) is 0 Å². The minimum absolute atomic E-state index is 0.0427. The summed E-state index contributed by atoms with van der Waals surface area (Å²) in [5.74, 6) is -0.714. The van der Waals surface area contributed by atoms with Crippen LogP contribution in [0.3, 0.4) is 0 Å². The molecule has 130 valence electrons. The lowest BCUT2D eigenvalue weighted by molar-refractivity contribution is 0.0956. The first kappa shape index (κ1) is 17.1. The van der Waals surface area contributed by atoms with Crippen LogP contribution in [-0.4, -0.2) is 25.9 Å². The molecule has 1 aromatic heterocycles. The average molecular weight is 361 g/mol. The molecule has 0 spiro atoms. The number of aromatic nitrogens is 1. The molecule has 8 heteroatoms.